The van der Waals surface area contributed by atoms with Crippen LogP contribution in [0.15, 0.2) is 34.1 Å². The lowest BCUT2D eigenvalue weighted by atomic mass is 10.1. The number of primary amides is 1. The lowest BCUT2D eigenvalue weighted by molar-refractivity contribution is -0.113. The molecule has 5 nitrogen and oxygen atoms in total. The molecule has 6 heteroatoms. The van der Waals surface area contributed by atoms with Gasteiger partial charge >= 0.3 is 0 Å². The van der Waals surface area contributed by atoms with E-state index in [0.29, 0.717) is 11.3 Å². The monoisotopic (exact) mass is 264 g/mol. The van der Waals surface area contributed by atoms with Gasteiger partial charge in [0.05, 0.1) is 10.6 Å². The Hall–Kier alpha value is -1.82. The summed E-state index contributed by atoms with van der Waals surface area (Å²) in [5.41, 5.74) is 6.12. The number of carbonyl (C=O) groups excluding carboxylic acids is 1. The van der Waals surface area contributed by atoms with Gasteiger partial charge in [0.2, 0.25) is 9.84 Å². The van der Waals surface area contributed by atoms with Crippen molar-refractivity contribution in [2.75, 3.05) is 0 Å². The largest absolute Gasteiger partial charge is 0.381 e. The lowest BCUT2D eigenvalue weighted by Crippen LogP contribution is -2.23. The third-order valence-corrected chi connectivity index (χ3v) is 4.97. The van der Waals surface area contributed by atoms with E-state index in [-0.39, 0.29) is 15.8 Å². The second kappa shape index (κ2) is 3.58. The molecule has 1 amide bonds. The van der Waals surface area contributed by atoms with Gasteiger partial charge in [0.25, 0.3) is 5.91 Å². The van der Waals surface area contributed by atoms with Crippen LogP contribution in [0.5, 0.6) is 0 Å². The van der Waals surface area contributed by atoms with Crippen LogP contribution >= 0.6 is 0 Å². The zero-order valence-electron chi connectivity index (χ0n) is 9.51. The van der Waals surface area contributed by atoms with Gasteiger partial charge in [-0.3, -0.25) is 4.79 Å². The van der Waals surface area contributed by atoms with E-state index in [9.17, 15) is 13.2 Å². The molecule has 18 heavy (non-hydrogen) atoms. The summed E-state index contributed by atoms with van der Waals surface area (Å²) in [5, 5.41) is 3.10. The van der Waals surface area contributed by atoms with Gasteiger partial charge in [0.15, 0.2) is 4.91 Å². The Balaban J connectivity index is 2.25. The van der Waals surface area contributed by atoms with Crippen LogP contribution in [0.3, 0.4) is 0 Å². The summed E-state index contributed by atoms with van der Waals surface area (Å²) >= 11 is 0. The van der Waals surface area contributed by atoms with Gasteiger partial charge in [-0.2, -0.15) is 0 Å². The van der Waals surface area contributed by atoms with Crippen LogP contribution in [0.25, 0.3) is 5.70 Å². The first-order chi connectivity index (χ1) is 8.51. The smallest absolute Gasteiger partial charge is 0.262 e. The Morgan fingerprint density at radius 3 is 2.56 bits per heavy atom. The first kappa shape index (κ1) is 11.3. The van der Waals surface area contributed by atoms with Crippen LogP contribution in [0.4, 0.5) is 0 Å². The molecule has 3 rings (SSSR count). The summed E-state index contributed by atoms with van der Waals surface area (Å²) in [6, 6.07) is 6.81. The number of amides is 1. The predicted molar refractivity (Wildman–Crippen MR) is 65.9 cm³/mol. The summed E-state index contributed by atoms with van der Waals surface area (Å²) < 4.78 is 24.5. The van der Waals surface area contributed by atoms with Crippen molar-refractivity contribution in [3.63, 3.8) is 0 Å². The van der Waals surface area contributed by atoms with Crippen molar-refractivity contribution in [1.82, 2.24) is 5.32 Å². The molecule has 3 N–H and O–H groups in total. The van der Waals surface area contributed by atoms with Crippen LogP contribution in [0.2, 0.25) is 0 Å². The van der Waals surface area contributed by atoms with Gasteiger partial charge < -0.3 is 11.1 Å². The molecule has 1 heterocycles. The highest BCUT2D eigenvalue weighted by Crippen LogP contribution is 2.39. The minimum Gasteiger partial charge on any atom is -0.381 e. The van der Waals surface area contributed by atoms with Crippen LogP contribution in [-0.2, 0) is 14.6 Å². The van der Waals surface area contributed by atoms with Crippen LogP contribution in [-0.4, -0.2) is 20.4 Å². The van der Waals surface area contributed by atoms with E-state index in [1.807, 2.05) is 0 Å². The van der Waals surface area contributed by atoms with Crippen molar-refractivity contribution in [2.24, 2.45) is 5.73 Å². The molecular formula is C12H12N2O3S. The quantitative estimate of drug-likeness (QED) is 0.826. The highest BCUT2D eigenvalue weighted by Gasteiger charge is 2.40. The number of rotatable bonds is 3. The summed E-state index contributed by atoms with van der Waals surface area (Å²) in [6.07, 6.45) is 1.97. The number of hydrogen-bond acceptors (Lipinski definition) is 4. The van der Waals surface area contributed by atoms with E-state index in [1.165, 1.54) is 6.07 Å². The maximum Gasteiger partial charge on any atom is 0.262 e. The first-order valence-electron chi connectivity index (χ1n) is 5.67. The van der Waals surface area contributed by atoms with Gasteiger partial charge in [-0.05, 0) is 18.9 Å². The Morgan fingerprint density at radius 1 is 1.28 bits per heavy atom. The molecule has 0 spiro atoms. The van der Waals surface area contributed by atoms with Crippen LogP contribution in [0.1, 0.15) is 18.4 Å². The fraction of sp³-hybridized carbons (Fsp3) is 0.250. The average molecular weight is 264 g/mol. The maximum atomic E-state index is 12.2. The normalized spacial score (nSPS) is 20.7. The molecule has 1 aromatic rings. The van der Waals surface area contributed by atoms with E-state index < -0.39 is 15.7 Å². The van der Waals surface area contributed by atoms with Crippen molar-refractivity contribution in [3.05, 3.63) is 34.7 Å². The summed E-state index contributed by atoms with van der Waals surface area (Å²) in [6.45, 7) is 0. The Labute approximate surface area is 105 Å². The fourth-order valence-corrected chi connectivity index (χ4v) is 3.74. The summed E-state index contributed by atoms with van der Waals surface area (Å²) in [4.78, 5) is 11.3. The minimum atomic E-state index is -3.77. The third-order valence-electron chi connectivity index (χ3n) is 3.09. The minimum absolute atomic E-state index is 0.155. The van der Waals surface area contributed by atoms with Crippen molar-refractivity contribution in [2.45, 2.75) is 23.8 Å². The Bertz CT molecular complexity index is 672. The molecule has 0 unspecified atom stereocenters. The van der Waals surface area contributed by atoms with Crippen molar-refractivity contribution < 1.29 is 13.2 Å². The average Bonchev–Trinajstić information content (AvgIpc) is 3.07. The topological polar surface area (TPSA) is 89.3 Å². The van der Waals surface area contributed by atoms with Crippen LogP contribution < -0.4 is 11.1 Å². The van der Waals surface area contributed by atoms with E-state index in [1.54, 1.807) is 18.2 Å². The molecule has 0 radical (unpaired) electrons. The van der Waals surface area contributed by atoms with Gasteiger partial charge in [-0.25, -0.2) is 8.42 Å². The zero-order chi connectivity index (χ0) is 12.9. The van der Waals surface area contributed by atoms with Crippen molar-refractivity contribution >= 4 is 21.4 Å². The number of hydrogen-bond donors (Lipinski definition) is 2. The molecule has 1 saturated carbocycles. The van der Waals surface area contributed by atoms with Gasteiger partial charge in [-0.15, -0.1) is 0 Å². The SMILES string of the molecule is NC(=O)C1=C(NC2CC2)c2ccccc2S1(=O)=O. The maximum absolute atomic E-state index is 12.2. The molecule has 1 fully saturated rings. The standard InChI is InChI=1S/C12H12N2O3S/c13-12(15)11-10(14-7-5-6-7)8-3-1-2-4-9(8)18(11,16)17/h1-4,7,14H,5-6H2,(H2,13,15). The molecule has 94 valence electrons. The highest BCUT2D eigenvalue weighted by atomic mass is 32.2. The fourth-order valence-electron chi connectivity index (χ4n) is 2.10. The molecule has 0 saturated heterocycles. The number of fused-ring (bicyclic) bond motifs is 1. The summed E-state index contributed by atoms with van der Waals surface area (Å²) in [7, 11) is -3.77. The number of sulfone groups is 1. The number of nitrogens with two attached hydrogens (primary N) is 1. The summed E-state index contributed by atoms with van der Waals surface area (Å²) in [5.74, 6) is -0.908. The molecule has 0 aromatic heterocycles. The molecule has 1 aromatic carbocycles. The molecule has 1 aliphatic carbocycles. The van der Waals surface area contributed by atoms with Gasteiger partial charge in [0.1, 0.15) is 0 Å². The van der Waals surface area contributed by atoms with Gasteiger partial charge in [0, 0.05) is 11.6 Å². The first-order valence-corrected chi connectivity index (χ1v) is 7.15. The van der Waals surface area contributed by atoms with Crippen LogP contribution in [0, 0.1) is 0 Å². The lowest BCUT2D eigenvalue weighted by Gasteiger charge is -2.07. The van der Waals surface area contributed by atoms with Crippen molar-refractivity contribution in [3.8, 4) is 0 Å². The molecule has 0 bridgehead atoms. The molecule has 1 aliphatic heterocycles. The molecule has 2 aliphatic rings. The number of benzene rings is 1. The zero-order valence-corrected chi connectivity index (χ0v) is 10.3. The van der Waals surface area contributed by atoms with E-state index in [0.717, 1.165) is 12.8 Å². The van der Waals surface area contributed by atoms with E-state index in [4.69, 9.17) is 5.73 Å². The number of nitrogens with one attached hydrogen (secondary N) is 1. The van der Waals surface area contributed by atoms with Gasteiger partial charge in [-0.1, -0.05) is 18.2 Å². The molecular weight excluding hydrogens is 252 g/mol. The molecule has 0 atom stereocenters. The van der Waals surface area contributed by atoms with E-state index in [2.05, 4.69) is 5.32 Å². The van der Waals surface area contributed by atoms with E-state index >= 15 is 0 Å². The second-order valence-electron chi connectivity index (χ2n) is 4.49. The Kier molecular flexibility index (Phi) is 2.25. The highest BCUT2D eigenvalue weighted by molar-refractivity contribution is 7.97. The number of carbonyl (C=O) groups is 1. The third kappa shape index (κ3) is 1.53. The Morgan fingerprint density at radius 2 is 1.94 bits per heavy atom. The van der Waals surface area contributed by atoms with Crippen molar-refractivity contribution in [1.29, 1.82) is 0 Å². The predicted octanol–water partition coefficient (Wildman–Crippen LogP) is 0.380. The second-order valence-corrected chi connectivity index (χ2v) is 6.34.